The Morgan fingerprint density at radius 1 is 1.05 bits per heavy atom. The van der Waals surface area contributed by atoms with Gasteiger partial charge < -0.3 is 14.8 Å². The van der Waals surface area contributed by atoms with Crippen LogP contribution in [0.15, 0.2) is 24.3 Å². The van der Waals surface area contributed by atoms with Gasteiger partial charge in [-0.25, -0.2) is 0 Å². The zero-order valence-corrected chi connectivity index (χ0v) is 14.2. The van der Waals surface area contributed by atoms with Crippen molar-refractivity contribution in [3.8, 4) is 5.75 Å². The molecule has 0 bridgehead atoms. The van der Waals surface area contributed by atoms with Crippen LogP contribution < -0.4 is 10.1 Å². The average Bonchev–Trinajstić information content (AvgIpc) is 2.49. The van der Waals surface area contributed by atoms with Gasteiger partial charge in [-0.3, -0.25) is 0 Å². The van der Waals surface area contributed by atoms with Crippen molar-refractivity contribution in [3.05, 3.63) is 29.8 Å². The quantitative estimate of drug-likeness (QED) is 0.702. The maximum absolute atomic E-state index is 5.97. The van der Waals surface area contributed by atoms with Crippen LogP contribution in [0, 0.1) is 5.92 Å². The van der Waals surface area contributed by atoms with Gasteiger partial charge in [-0.1, -0.05) is 39.8 Å². The molecule has 0 radical (unpaired) electrons. The van der Waals surface area contributed by atoms with Crippen LogP contribution in [0.1, 0.15) is 52.6 Å². The molecule has 1 rings (SSSR count). The third-order valence-electron chi connectivity index (χ3n) is 3.48. The van der Waals surface area contributed by atoms with E-state index in [0.717, 1.165) is 31.9 Å². The molecule has 0 saturated heterocycles. The molecule has 0 saturated carbocycles. The maximum atomic E-state index is 5.97. The van der Waals surface area contributed by atoms with Gasteiger partial charge in [0.1, 0.15) is 5.75 Å². The van der Waals surface area contributed by atoms with E-state index in [0.29, 0.717) is 5.92 Å². The third kappa shape index (κ3) is 5.68. The van der Waals surface area contributed by atoms with Gasteiger partial charge in [0.25, 0.3) is 0 Å². The van der Waals surface area contributed by atoms with Crippen molar-refractivity contribution >= 4 is 0 Å². The van der Waals surface area contributed by atoms with Gasteiger partial charge in [0.15, 0.2) is 0 Å². The summed E-state index contributed by atoms with van der Waals surface area (Å²) < 4.78 is 11.6. The lowest BCUT2D eigenvalue weighted by molar-refractivity contribution is 0.00316. The maximum Gasteiger partial charge on any atom is 0.119 e. The summed E-state index contributed by atoms with van der Waals surface area (Å²) in [6.07, 6.45) is 1.21. The average molecular weight is 293 g/mol. The standard InChI is InChI=1S/C18H31NO2/c1-6-13-21-16-11-9-15(10-12-16)17(19-7-2)18(14(4)5)20-8-3/h9-12,14,17-19H,6-8,13H2,1-5H3. The van der Waals surface area contributed by atoms with Gasteiger partial charge in [0.05, 0.1) is 18.8 Å². The van der Waals surface area contributed by atoms with Gasteiger partial charge in [-0.05, 0) is 43.5 Å². The molecule has 0 spiro atoms. The van der Waals surface area contributed by atoms with Gasteiger partial charge in [0, 0.05) is 6.61 Å². The fourth-order valence-electron chi connectivity index (χ4n) is 2.50. The van der Waals surface area contributed by atoms with Gasteiger partial charge >= 0.3 is 0 Å². The molecule has 21 heavy (non-hydrogen) atoms. The van der Waals surface area contributed by atoms with E-state index in [1.807, 2.05) is 0 Å². The molecular formula is C18H31NO2. The first-order valence-corrected chi connectivity index (χ1v) is 8.21. The van der Waals surface area contributed by atoms with Crippen LogP contribution in [-0.2, 0) is 4.74 Å². The van der Waals surface area contributed by atoms with E-state index in [4.69, 9.17) is 9.47 Å². The number of ether oxygens (including phenoxy) is 2. The van der Waals surface area contributed by atoms with Crippen LogP contribution in [0.3, 0.4) is 0 Å². The summed E-state index contributed by atoms with van der Waals surface area (Å²) in [7, 11) is 0. The number of rotatable bonds is 10. The van der Waals surface area contributed by atoms with Crippen molar-refractivity contribution < 1.29 is 9.47 Å². The molecule has 0 amide bonds. The number of hydrogen-bond donors (Lipinski definition) is 1. The molecule has 0 aliphatic carbocycles. The second-order valence-corrected chi connectivity index (χ2v) is 5.62. The second kappa shape index (κ2) is 9.80. The minimum Gasteiger partial charge on any atom is -0.494 e. The van der Waals surface area contributed by atoms with Gasteiger partial charge in [-0.15, -0.1) is 0 Å². The molecule has 1 aromatic carbocycles. The lowest BCUT2D eigenvalue weighted by Gasteiger charge is -2.31. The lowest BCUT2D eigenvalue weighted by Crippen LogP contribution is -2.37. The summed E-state index contributed by atoms with van der Waals surface area (Å²) in [6.45, 7) is 13.2. The summed E-state index contributed by atoms with van der Waals surface area (Å²) in [5.41, 5.74) is 1.26. The third-order valence-corrected chi connectivity index (χ3v) is 3.48. The molecule has 0 fully saturated rings. The first-order chi connectivity index (χ1) is 10.1. The minimum atomic E-state index is 0.178. The van der Waals surface area contributed by atoms with Crippen molar-refractivity contribution in [2.24, 2.45) is 5.92 Å². The van der Waals surface area contributed by atoms with Crippen LogP contribution in [0.5, 0.6) is 5.75 Å². The Kier molecular flexibility index (Phi) is 8.40. The monoisotopic (exact) mass is 293 g/mol. The fourth-order valence-corrected chi connectivity index (χ4v) is 2.50. The summed E-state index contributed by atoms with van der Waals surface area (Å²) >= 11 is 0. The molecule has 2 atom stereocenters. The zero-order chi connectivity index (χ0) is 15.7. The van der Waals surface area contributed by atoms with Crippen LogP contribution in [0.25, 0.3) is 0 Å². The van der Waals surface area contributed by atoms with E-state index in [9.17, 15) is 0 Å². The van der Waals surface area contributed by atoms with Crippen molar-refractivity contribution in [1.29, 1.82) is 0 Å². The summed E-state index contributed by atoms with van der Waals surface area (Å²) in [4.78, 5) is 0. The van der Waals surface area contributed by atoms with E-state index >= 15 is 0 Å². The number of benzene rings is 1. The summed E-state index contributed by atoms with van der Waals surface area (Å²) in [6, 6.07) is 8.62. The van der Waals surface area contributed by atoms with E-state index in [1.165, 1.54) is 5.56 Å². The largest absolute Gasteiger partial charge is 0.494 e. The topological polar surface area (TPSA) is 30.5 Å². The van der Waals surface area contributed by atoms with Crippen molar-refractivity contribution in [3.63, 3.8) is 0 Å². The van der Waals surface area contributed by atoms with Crippen LogP contribution in [-0.4, -0.2) is 25.9 Å². The van der Waals surface area contributed by atoms with Gasteiger partial charge in [0.2, 0.25) is 0 Å². The lowest BCUT2D eigenvalue weighted by atomic mass is 9.93. The number of likely N-dealkylation sites (N-methyl/N-ethyl adjacent to an activating group) is 1. The zero-order valence-electron chi connectivity index (χ0n) is 14.2. The van der Waals surface area contributed by atoms with Crippen LogP contribution in [0.2, 0.25) is 0 Å². The fraction of sp³-hybridized carbons (Fsp3) is 0.667. The molecule has 2 unspecified atom stereocenters. The molecule has 0 aliphatic rings. The Morgan fingerprint density at radius 3 is 2.19 bits per heavy atom. The SMILES string of the molecule is CCCOc1ccc(C(NCC)C(OCC)C(C)C)cc1. The highest BCUT2D eigenvalue weighted by atomic mass is 16.5. The van der Waals surface area contributed by atoms with Crippen molar-refractivity contribution in [1.82, 2.24) is 5.32 Å². The van der Waals surface area contributed by atoms with E-state index in [2.05, 4.69) is 64.2 Å². The number of nitrogens with one attached hydrogen (secondary N) is 1. The highest BCUT2D eigenvalue weighted by Crippen LogP contribution is 2.26. The Bertz CT molecular complexity index is 375. The minimum absolute atomic E-state index is 0.178. The van der Waals surface area contributed by atoms with E-state index in [1.54, 1.807) is 0 Å². The second-order valence-electron chi connectivity index (χ2n) is 5.62. The Labute approximate surface area is 130 Å². The molecule has 120 valence electrons. The Hall–Kier alpha value is -1.06. The number of hydrogen-bond acceptors (Lipinski definition) is 3. The van der Waals surface area contributed by atoms with Crippen LogP contribution in [0.4, 0.5) is 0 Å². The normalized spacial score (nSPS) is 14.2. The molecule has 1 aromatic rings. The molecule has 0 aromatic heterocycles. The summed E-state index contributed by atoms with van der Waals surface area (Å²) in [5, 5.41) is 3.56. The van der Waals surface area contributed by atoms with Crippen LogP contribution >= 0.6 is 0 Å². The summed E-state index contributed by atoms with van der Waals surface area (Å²) in [5.74, 6) is 1.40. The highest BCUT2D eigenvalue weighted by molar-refractivity contribution is 5.30. The van der Waals surface area contributed by atoms with E-state index in [-0.39, 0.29) is 12.1 Å². The first-order valence-electron chi connectivity index (χ1n) is 8.21. The Balaban J connectivity index is 2.88. The molecule has 0 heterocycles. The highest BCUT2D eigenvalue weighted by Gasteiger charge is 2.25. The predicted molar refractivity (Wildman–Crippen MR) is 88.9 cm³/mol. The Morgan fingerprint density at radius 2 is 1.71 bits per heavy atom. The molecule has 1 N–H and O–H groups in total. The van der Waals surface area contributed by atoms with Crippen molar-refractivity contribution in [2.75, 3.05) is 19.8 Å². The smallest absolute Gasteiger partial charge is 0.119 e. The predicted octanol–water partition coefficient (Wildman–Crippen LogP) is 4.19. The van der Waals surface area contributed by atoms with E-state index < -0.39 is 0 Å². The first kappa shape index (κ1) is 18.0. The molecule has 3 heteroatoms. The van der Waals surface area contributed by atoms with Gasteiger partial charge in [-0.2, -0.15) is 0 Å². The van der Waals surface area contributed by atoms with Crippen molar-refractivity contribution in [2.45, 2.75) is 53.2 Å². The molecule has 3 nitrogen and oxygen atoms in total. The molecular weight excluding hydrogens is 262 g/mol. The molecule has 0 aliphatic heterocycles.